The second-order valence-corrected chi connectivity index (χ2v) is 10.7. The van der Waals surface area contributed by atoms with Crippen LogP contribution in [0.25, 0.3) is 16.8 Å². The number of carbonyl (C=O) groups is 2. The van der Waals surface area contributed by atoms with E-state index < -0.39 is 18.0 Å². The van der Waals surface area contributed by atoms with Gasteiger partial charge in [-0.25, -0.2) is 14.6 Å². The topological polar surface area (TPSA) is 115 Å². The third-order valence-electron chi connectivity index (χ3n) is 7.10. The molecule has 10 nitrogen and oxygen atoms in total. The van der Waals surface area contributed by atoms with Crippen LogP contribution in [0, 0.1) is 0 Å². The first-order valence-corrected chi connectivity index (χ1v) is 14.8. The van der Waals surface area contributed by atoms with Crippen LogP contribution in [0.3, 0.4) is 0 Å². The maximum atomic E-state index is 14.2. The number of allylic oxidation sites excluding steroid dienone is 1. The van der Waals surface area contributed by atoms with Crippen molar-refractivity contribution in [2.75, 3.05) is 34.0 Å². The summed E-state index contributed by atoms with van der Waals surface area (Å²) in [5, 5.41) is 1.94. The van der Waals surface area contributed by atoms with Crippen LogP contribution >= 0.6 is 11.3 Å². The van der Waals surface area contributed by atoms with E-state index in [1.807, 2.05) is 43.3 Å². The zero-order valence-corrected chi connectivity index (χ0v) is 25.9. The highest BCUT2D eigenvalue weighted by Gasteiger charge is 2.34. The van der Waals surface area contributed by atoms with E-state index in [1.165, 1.54) is 23.0 Å². The van der Waals surface area contributed by atoms with Crippen LogP contribution in [-0.4, -0.2) is 50.5 Å². The Kier molecular flexibility index (Phi) is 9.15. The Morgan fingerprint density at radius 2 is 1.75 bits per heavy atom. The van der Waals surface area contributed by atoms with Crippen molar-refractivity contribution in [1.29, 1.82) is 0 Å². The first-order valence-electron chi connectivity index (χ1n) is 14.0. The number of fused-ring (bicyclic) bond motifs is 2. The highest BCUT2D eigenvalue weighted by atomic mass is 32.1. The van der Waals surface area contributed by atoms with E-state index in [-0.39, 0.29) is 24.3 Å². The molecular formula is C33H32N2O8S. The second kappa shape index (κ2) is 13.2. The Bertz CT molecular complexity index is 1960. The van der Waals surface area contributed by atoms with Crippen molar-refractivity contribution in [3.05, 3.63) is 96.7 Å². The van der Waals surface area contributed by atoms with Gasteiger partial charge in [-0.2, -0.15) is 0 Å². The predicted octanol–water partition coefficient (Wildman–Crippen LogP) is 3.91. The van der Waals surface area contributed by atoms with Crippen LogP contribution in [-0.2, 0) is 19.1 Å². The predicted molar refractivity (Wildman–Crippen MR) is 166 cm³/mol. The Morgan fingerprint density at radius 1 is 0.977 bits per heavy atom. The second-order valence-electron chi connectivity index (χ2n) is 9.71. The fourth-order valence-electron chi connectivity index (χ4n) is 5.12. The van der Waals surface area contributed by atoms with Crippen LogP contribution in [0.5, 0.6) is 17.2 Å². The first kappa shape index (κ1) is 30.6. The highest BCUT2D eigenvalue weighted by Crippen LogP contribution is 2.36. The van der Waals surface area contributed by atoms with Gasteiger partial charge in [-0.3, -0.25) is 9.36 Å². The molecule has 4 aromatic rings. The van der Waals surface area contributed by atoms with Gasteiger partial charge in [0.05, 0.1) is 49.3 Å². The zero-order chi connectivity index (χ0) is 31.4. The molecule has 3 aromatic carbocycles. The van der Waals surface area contributed by atoms with Gasteiger partial charge < -0.3 is 23.7 Å². The Morgan fingerprint density at radius 3 is 2.48 bits per heavy atom. The minimum Gasteiger partial charge on any atom is -0.496 e. The van der Waals surface area contributed by atoms with Crippen molar-refractivity contribution in [2.45, 2.75) is 26.8 Å². The van der Waals surface area contributed by atoms with E-state index in [0.29, 0.717) is 44.4 Å². The third-order valence-corrected chi connectivity index (χ3v) is 8.08. The van der Waals surface area contributed by atoms with Crippen LogP contribution in [0.1, 0.15) is 37.9 Å². The molecule has 5 rings (SSSR count). The summed E-state index contributed by atoms with van der Waals surface area (Å²) >= 11 is 1.22. The molecule has 0 spiro atoms. The maximum absolute atomic E-state index is 14.2. The summed E-state index contributed by atoms with van der Waals surface area (Å²) in [6.07, 6.45) is 1.81. The SMILES string of the molecule is CCOC(=O)C1=C(C)N=c2s/c(=C/c3c(OC)ccc4ccccc34)c(=O)n2[C@@H]1c1ccc(OCC(=O)OC)c(OCC)c1. The number of thiazole rings is 1. The Hall–Kier alpha value is -4.90. The summed E-state index contributed by atoms with van der Waals surface area (Å²) in [6.45, 7) is 5.41. The summed E-state index contributed by atoms with van der Waals surface area (Å²) in [7, 11) is 2.86. The number of nitrogens with zero attached hydrogens (tertiary/aromatic N) is 2. The van der Waals surface area contributed by atoms with Crippen molar-refractivity contribution < 1.29 is 33.3 Å². The zero-order valence-electron chi connectivity index (χ0n) is 25.0. The summed E-state index contributed by atoms with van der Waals surface area (Å²) in [4.78, 5) is 44.4. The van der Waals surface area contributed by atoms with E-state index in [1.54, 1.807) is 45.2 Å². The molecule has 2 heterocycles. The van der Waals surface area contributed by atoms with Gasteiger partial charge in [0.25, 0.3) is 5.56 Å². The van der Waals surface area contributed by atoms with Crippen LogP contribution in [0.2, 0.25) is 0 Å². The number of carbonyl (C=O) groups excluding carboxylic acids is 2. The van der Waals surface area contributed by atoms with Gasteiger partial charge in [0.15, 0.2) is 22.9 Å². The molecule has 0 bridgehead atoms. The van der Waals surface area contributed by atoms with E-state index in [4.69, 9.17) is 18.9 Å². The van der Waals surface area contributed by atoms with Gasteiger partial charge in [0.1, 0.15) is 5.75 Å². The summed E-state index contributed by atoms with van der Waals surface area (Å²) in [6, 6.07) is 15.9. The minimum atomic E-state index is -0.865. The summed E-state index contributed by atoms with van der Waals surface area (Å²) in [5.41, 5.74) is 1.69. The van der Waals surface area contributed by atoms with Crippen LogP contribution in [0.4, 0.5) is 0 Å². The third kappa shape index (κ3) is 5.83. The molecule has 44 heavy (non-hydrogen) atoms. The number of methoxy groups -OCH3 is 2. The molecule has 0 radical (unpaired) electrons. The number of ether oxygens (including phenoxy) is 5. The lowest BCUT2D eigenvalue weighted by molar-refractivity contribution is -0.143. The van der Waals surface area contributed by atoms with E-state index in [0.717, 1.165) is 16.3 Å². The number of hydrogen-bond acceptors (Lipinski definition) is 10. The van der Waals surface area contributed by atoms with Crippen molar-refractivity contribution in [3.8, 4) is 17.2 Å². The van der Waals surface area contributed by atoms with Crippen LogP contribution in [0.15, 0.2) is 75.7 Å². The van der Waals surface area contributed by atoms with Gasteiger partial charge in [0.2, 0.25) is 0 Å². The molecule has 0 saturated carbocycles. The van der Waals surface area contributed by atoms with E-state index >= 15 is 0 Å². The molecule has 1 aliphatic rings. The molecule has 0 amide bonds. The smallest absolute Gasteiger partial charge is 0.343 e. The minimum absolute atomic E-state index is 0.151. The molecule has 0 unspecified atom stereocenters. The van der Waals surface area contributed by atoms with Gasteiger partial charge in [-0.1, -0.05) is 47.7 Å². The van der Waals surface area contributed by atoms with Gasteiger partial charge in [0, 0.05) is 5.56 Å². The van der Waals surface area contributed by atoms with Crippen molar-refractivity contribution in [2.24, 2.45) is 4.99 Å². The van der Waals surface area contributed by atoms with Gasteiger partial charge in [-0.15, -0.1) is 0 Å². The molecule has 0 saturated heterocycles. The normalized spacial score (nSPS) is 14.6. The van der Waals surface area contributed by atoms with Crippen molar-refractivity contribution in [1.82, 2.24) is 4.57 Å². The van der Waals surface area contributed by atoms with E-state index in [9.17, 15) is 14.4 Å². The Labute approximate surface area is 257 Å². The van der Waals surface area contributed by atoms with Crippen molar-refractivity contribution >= 4 is 40.1 Å². The average Bonchev–Trinajstić information content (AvgIpc) is 3.33. The lowest BCUT2D eigenvalue weighted by atomic mass is 9.95. The first-order chi connectivity index (χ1) is 21.3. The number of aromatic nitrogens is 1. The molecule has 1 atom stereocenters. The fourth-order valence-corrected chi connectivity index (χ4v) is 6.15. The molecule has 0 fully saturated rings. The number of rotatable bonds is 10. The summed E-state index contributed by atoms with van der Waals surface area (Å²) in [5.74, 6) is 0.157. The summed E-state index contributed by atoms with van der Waals surface area (Å²) < 4.78 is 29.2. The van der Waals surface area contributed by atoms with E-state index in [2.05, 4.69) is 9.73 Å². The number of benzene rings is 3. The standard InChI is InChI=1S/C33H32N2O8S/c1-6-41-26-16-21(13-15-25(26)43-18-28(36)40-5)30-29(32(38)42-7-2)19(3)34-33-35(30)31(37)27(44-33)17-23-22-11-9-8-10-20(22)12-14-24(23)39-4/h8-17,30H,6-7,18H2,1-5H3/b27-17+/t30-/m1/s1. The lowest BCUT2D eigenvalue weighted by Gasteiger charge is -2.25. The molecule has 1 aliphatic heterocycles. The van der Waals surface area contributed by atoms with Crippen LogP contribution < -0.4 is 29.1 Å². The largest absolute Gasteiger partial charge is 0.496 e. The van der Waals surface area contributed by atoms with Gasteiger partial charge in [-0.05, 0) is 61.4 Å². The quantitative estimate of drug-likeness (QED) is 0.247. The average molecular weight is 617 g/mol. The lowest BCUT2D eigenvalue weighted by Crippen LogP contribution is -2.40. The number of hydrogen-bond donors (Lipinski definition) is 0. The highest BCUT2D eigenvalue weighted by molar-refractivity contribution is 7.07. The molecule has 0 N–H and O–H groups in total. The number of esters is 2. The van der Waals surface area contributed by atoms with Gasteiger partial charge >= 0.3 is 11.9 Å². The molecule has 1 aromatic heterocycles. The monoisotopic (exact) mass is 616 g/mol. The van der Waals surface area contributed by atoms with Crippen molar-refractivity contribution in [3.63, 3.8) is 0 Å². The molecule has 11 heteroatoms. The Balaban J connectivity index is 1.72. The molecular weight excluding hydrogens is 584 g/mol. The fraction of sp³-hybridized carbons (Fsp3) is 0.273. The molecule has 228 valence electrons. The maximum Gasteiger partial charge on any atom is 0.343 e. The molecule has 0 aliphatic carbocycles.